The lowest BCUT2D eigenvalue weighted by Gasteiger charge is -2.05. The predicted molar refractivity (Wildman–Crippen MR) is 74.6 cm³/mol. The second kappa shape index (κ2) is 8.91. The van der Waals surface area contributed by atoms with Crippen LogP contribution in [0.3, 0.4) is 0 Å². The highest BCUT2D eigenvalue weighted by Crippen LogP contribution is 2.15. The fraction of sp³-hybridized carbons (Fsp3) is 0.538. The minimum absolute atomic E-state index is 0.306. The molecule has 0 spiro atoms. The molecule has 90 valence electrons. The van der Waals surface area contributed by atoms with Crippen molar-refractivity contribution in [2.24, 2.45) is 0 Å². The molecule has 0 aromatic heterocycles. The highest BCUT2D eigenvalue weighted by atomic mass is 35.5. The Labute approximate surface area is 108 Å². The van der Waals surface area contributed by atoms with E-state index in [1.807, 2.05) is 18.7 Å². The number of halogens is 1. The lowest BCUT2D eigenvalue weighted by molar-refractivity contribution is 0.639. The van der Waals surface area contributed by atoms with Gasteiger partial charge in [0, 0.05) is 22.6 Å². The average Bonchev–Trinajstić information content (AvgIpc) is 2.29. The smallest absolute Gasteiger partial charge is 0.0308 e. The van der Waals surface area contributed by atoms with Gasteiger partial charge in [-0.05, 0) is 38.4 Å². The molecule has 1 nitrogen and oxygen atoms in total. The zero-order valence-electron chi connectivity index (χ0n) is 9.79. The van der Waals surface area contributed by atoms with E-state index in [1.54, 1.807) is 0 Å². The van der Waals surface area contributed by atoms with E-state index in [9.17, 15) is 0 Å². The molecular weight excluding hydrogens is 238 g/mol. The van der Waals surface area contributed by atoms with Crippen LogP contribution in [0.1, 0.15) is 19.8 Å². The fourth-order valence-corrected chi connectivity index (χ4v) is 2.38. The number of alkyl halides is 1. The van der Waals surface area contributed by atoms with E-state index in [0.717, 1.165) is 25.3 Å². The Bertz CT molecular complexity index is 264. The molecule has 3 heteroatoms. The molecular formula is C13H20ClNS. The van der Waals surface area contributed by atoms with Crippen molar-refractivity contribution in [2.45, 2.75) is 30.0 Å². The number of hydrogen-bond donors (Lipinski definition) is 1. The molecule has 0 aliphatic carbocycles. The number of nitrogens with one attached hydrogen (secondary N) is 1. The highest BCUT2D eigenvalue weighted by molar-refractivity contribution is 7.99. The quantitative estimate of drug-likeness (QED) is 0.432. The minimum atomic E-state index is 0.306. The lowest BCUT2D eigenvalue weighted by atomic mass is 10.2. The van der Waals surface area contributed by atoms with E-state index in [2.05, 4.69) is 35.6 Å². The van der Waals surface area contributed by atoms with Gasteiger partial charge in [0.05, 0.1) is 0 Å². The minimum Gasteiger partial charge on any atom is -0.316 e. The van der Waals surface area contributed by atoms with Crippen LogP contribution in [-0.2, 0) is 0 Å². The molecule has 0 saturated heterocycles. The summed E-state index contributed by atoms with van der Waals surface area (Å²) in [5, 5.41) is 3.74. The first-order valence-electron chi connectivity index (χ1n) is 5.81. The van der Waals surface area contributed by atoms with Crippen molar-refractivity contribution in [2.75, 3.05) is 18.8 Å². The summed E-state index contributed by atoms with van der Waals surface area (Å²) >= 11 is 7.76. The topological polar surface area (TPSA) is 12.0 Å². The van der Waals surface area contributed by atoms with Gasteiger partial charge in [-0.2, -0.15) is 0 Å². The summed E-state index contributed by atoms with van der Waals surface area (Å²) in [4.78, 5) is 1.35. The van der Waals surface area contributed by atoms with Crippen LogP contribution in [0.2, 0.25) is 0 Å². The molecule has 1 aromatic carbocycles. The van der Waals surface area contributed by atoms with Crippen LogP contribution in [0.5, 0.6) is 0 Å². The third kappa shape index (κ3) is 7.15. The molecule has 0 heterocycles. The Morgan fingerprint density at radius 3 is 2.69 bits per heavy atom. The van der Waals surface area contributed by atoms with Gasteiger partial charge in [0.15, 0.2) is 0 Å². The summed E-state index contributed by atoms with van der Waals surface area (Å²) in [5.41, 5.74) is 0. The maximum atomic E-state index is 5.87. The number of hydrogen-bond acceptors (Lipinski definition) is 2. The van der Waals surface area contributed by atoms with Crippen molar-refractivity contribution in [3.8, 4) is 0 Å². The van der Waals surface area contributed by atoms with Crippen LogP contribution in [0.4, 0.5) is 0 Å². The van der Waals surface area contributed by atoms with Crippen LogP contribution >= 0.6 is 23.4 Å². The first-order chi connectivity index (χ1) is 7.79. The van der Waals surface area contributed by atoms with E-state index < -0.39 is 0 Å². The largest absolute Gasteiger partial charge is 0.316 e. The molecule has 1 rings (SSSR count). The second-order valence-corrected chi connectivity index (χ2v) is 5.75. The van der Waals surface area contributed by atoms with Gasteiger partial charge in [-0.25, -0.2) is 0 Å². The van der Waals surface area contributed by atoms with Crippen LogP contribution in [-0.4, -0.2) is 24.2 Å². The van der Waals surface area contributed by atoms with Gasteiger partial charge in [0.2, 0.25) is 0 Å². The highest BCUT2D eigenvalue weighted by Gasteiger charge is 1.95. The van der Waals surface area contributed by atoms with Gasteiger partial charge >= 0.3 is 0 Å². The van der Waals surface area contributed by atoms with Gasteiger partial charge < -0.3 is 5.32 Å². The number of benzene rings is 1. The fourth-order valence-electron chi connectivity index (χ4n) is 1.39. The zero-order chi connectivity index (χ0) is 11.6. The predicted octanol–water partition coefficient (Wildman–Crippen LogP) is 3.78. The van der Waals surface area contributed by atoms with Crippen molar-refractivity contribution < 1.29 is 0 Å². The summed E-state index contributed by atoms with van der Waals surface area (Å²) < 4.78 is 0. The first kappa shape index (κ1) is 13.9. The Kier molecular flexibility index (Phi) is 7.73. The molecule has 1 N–H and O–H groups in total. The van der Waals surface area contributed by atoms with E-state index >= 15 is 0 Å². The SMILES string of the molecule is CC(Cl)CCCNCCSc1ccccc1. The summed E-state index contributed by atoms with van der Waals surface area (Å²) in [6, 6.07) is 10.5. The molecule has 16 heavy (non-hydrogen) atoms. The number of thioether (sulfide) groups is 1. The molecule has 0 saturated carbocycles. The maximum absolute atomic E-state index is 5.87. The van der Waals surface area contributed by atoms with E-state index in [1.165, 1.54) is 11.3 Å². The molecule has 0 aliphatic heterocycles. The van der Waals surface area contributed by atoms with Crippen LogP contribution in [0.15, 0.2) is 35.2 Å². The molecule has 0 fully saturated rings. The van der Waals surface area contributed by atoms with Crippen molar-refractivity contribution in [1.29, 1.82) is 0 Å². The summed E-state index contributed by atoms with van der Waals surface area (Å²) in [6.45, 7) is 4.19. The zero-order valence-corrected chi connectivity index (χ0v) is 11.4. The molecule has 1 atom stereocenters. The van der Waals surface area contributed by atoms with E-state index in [-0.39, 0.29) is 0 Å². The van der Waals surface area contributed by atoms with Gasteiger partial charge in [-0.3, -0.25) is 0 Å². The monoisotopic (exact) mass is 257 g/mol. The van der Waals surface area contributed by atoms with Gasteiger partial charge in [-0.1, -0.05) is 18.2 Å². The van der Waals surface area contributed by atoms with Crippen molar-refractivity contribution >= 4 is 23.4 Å². The Morgan fingerprint density at radius 1 is 1.25 bits per heavy atom. The van der Waals surface area contributed by atoms with Crippen molar-refractivity contribution in [3.05, 3.63) is 30.3 Å². The Hall–Kier alpha value is -0.180. The molecule has 1 aromatic rings. The third-order valence-electron chi connectivity index (χ3n) is 2.25. The van der Waals surface area contributed by atoms with Gasteiger partial charge in [0.25, 0.3) is 0 Å². The lowest BCUT2D eigenvalue weighted by Crippen LogP contribution is -2.18. The molecule has 0 aliphatic rings. The molecule has 0 bridgehead atoms. The van der Waals surface area contributed by atoms with Crippen LogP contribution in [0, 0.1) is 0 Å². The average molecular weight is 258 g/mol. The Morgan fingerprint density at radius 2 is 2.00 bits per heavy atom. The summed E-state index contributed by atoms with van der Waals surface area (Å²) in [7, 11) is 0. The van der Waals surface area contributed by atoms with Crippen molar-refractivity contribution in [3.63, 3.8) is 0 Å². The van der Waals surface area contributed by atoms with Crippen molar-refractivity contribution in [1.82, 2.24) is 5.32 Å². The van der Waals surface area contributed by atoms with Crippen LogP contribution in [0.25, 0.3) is 0 Å². The maximum Gasteiger partial charge on any atom is 0.0308 e. The first-order valence-corrected chi connectivity index (χ1v) is 7.24. The standard InChI is InChI=1S/C13H20ClNS/c1-12(14)6-5-9-15-10-11-16-13-7-3-2-4-8-13/h2-4,7-8,12,15H,5-6,9-11H2,1H3. The molecule has 0 radical (unpaired) electrons. The van der Waals surface area contributed by atoms with Crippen LogP contribution < -0.4 is 5.32 Å². The van der Waals surface area contributed by atoms with Gasteiger partial charge in [-0.15, -0.1) is 23.4 Å². The summed E-state index contributed by atoms with van der Waals surface area (Å²) in [6.07, 6.45) is 2.26. The molecule has 1 unspecified atom stereocenters. The Balaban J connectivity index is 1.93. The molecule has 0 amide bonds. The van der Waals surface area contributed by atoms with E-state index in [4.69, 9.17) is 11.6 Å². The number of rotatable bonds is 8. The van der Waals surface area contributed by atoms with Gasteiger partial charge in [0.1, 0.15) is 0 Å². The third-order valence-corrected chi connectivity index (χ3v) is 3.48. The normalized spacial score (nSPS) is 12.6. The van der Waals surface area contributed by atoms with E-state index in [0.29, 0.717) is 5.38 Å². The second-order valence-electron chi connectivity index (χ2n) is 3.83. The summed E-state index contributed by atoms with van der Waals surface area (Å²) in [5.74, 6) is 1.13.